The third kappa shape index (κ3) is 3.85. The predicted octanol–water partition coefficient (Wildman–Crippen LogP) is 1.79. The molecule has 2 aliphatic rings. The normalized spacial score (nSPS) is 19.6. The summed E-state index contributed by atoms with van der Waals surface area (Å²) in [4.78, 5) is 30.5. The van der Waals surface area contributed by atoms with E-state index in [1.54, 1.807) is 25.6 Å². The van der Waals surface area contributed by atoms with Crippen LogP contribution in [0.15, 0.2) is 36.7 Å². The molecule has 5 rings (SSSR count). The Labute approximate surface area is 192 Å². The summed E-state index contributed by atoms with van der Waals surface area (Å²) < 4.78 is 5.38. The van der Waals surface area contributed by atoms with Crippen molar-refractivity contribution in [2.24, 2.45) is 5.92 Å². The summed E-state index contributed by atoms with van der Waals surface area (Å²) in [5, 5.41) is 8.44. The number of nitrogens with zero attached hydrogens (tertiary/aromatic N) is 8. The summed E-state index contributed by atoms with van der Waals surface area (Å²) in [6.45, 7) is 4.41. The van der Waals surface area contributed by atoms with E-state index in [9.17, 15) is 4.79 Å². The van der Waals surface area contributed by atoms with E-state index >= 15 is 0 Å². The van der Waals surface area contributed by atoms with Crippen LogP contribution in [-0.4, -0.2) is 82.7 Å². The molecule has 2 aromatic heterocycles. The molecule has 33 heavy (non-hydrogen) atoms. The molecule has 0 bridgehead atoms. The summed E-state index contributed by atoms with van der Waals surface area (Å²) in [5.74, 6) is 2.70. The van der Waals surface area contributed by atoms with Gasteiger partial charge >= 0.3 is 0 Å². The second kappa shape index (κ2) is 8.34. The van der Waals surface area contributed by atoms with Crippen molar-refractivity contribution in [3.8, 4) is 11.4 Å². The topological polar surface area (TPSA) is 92.5 Å². The van der Waals surface area contributed by atoms with Crippen LogP contribution in [0.3, 0.4) is 0 Å². The molecule has 0 aliphatic carbocycles. The zero-order valence-corrected chi connectivity index (χ0v) is 19.3. The molecule has 2 atom stereocenters. The lowest BCUT2D eigenvalue weighted by molar-refractivity contribution is 0.00775. The number of carbonyl (C=O) groups excluding carboxylic acids is 1. The number of carbonyl (C=O) groups is 1. The maximum absolute atomic E-state index is 13.7. The number of fused-ring (bicyclic) bond motifs is 1. The first-order chi connectivity index (χ1) is 15.9. The molecule has 3 aromatic rings. The summed E-state index contributed by atoms with van der Waals surface area (Å²) >= 11 is 0. The SMILES string of the molecule is COc1ccc(-n2nccn2)c(C(=O)N2CC3CCN(c4cc(C)nc(N(C)C)n4)CC32)c1. The molecular formula is C23H28N8O2. The van der Waals surface area contributed by atoms with E-state index in [1.807, 2.05) is 49.0 Å². The summed E-state index contributed by atoms with van der Waals surface area (Å²) in [6.07, 6.45) is 4.23. The van der Waals surface area contributed by atoms with Gasteiger partial charge in [0.25, 0.3) is 5.91 Å². The molecule has 2 unspecified atom stereocenters. The number of aromatic nitrogens is 5. The van der Waals surface area contributed by atoms with Gasteiger partial charge in [0.15, 0.2) is 0 Å². The van der Waals surface area contributed by atoms with Gasteiger partial charge in [-0.05, 0) is 31.5 Å². The lowest BCUT2D eigenvalue weighted by Crippen LogP contribution is -2.66. The van der Waals surface area contributed by atoms with Gasteiger partial charge in [0.2, 0.25) is 5.95 Å². The molecule has 1 amide bonds. The number of benzene rings is 1. The van der Waals surface area contributed by atoms with Crippen LogP contribution < -0.4 is 14.5 Å². The minimum absolute atomic E-state index is 0.0304. The van der Waals surface area contributed by atoms with Crippen LogP contribution >= 0.6 is 0 Å². The van der Waals surface area contributed by atoms with Crippen molar-refractivity contribution in [2.45, 2.75) is 19.4 Å². The molecule has 10 heteroatoms. The fraction of sp³-hybridized carbons (Fsp3) is 0.435. The molecule has 2 aliphatic heterocycles. The first-order valence-electron chi connectivity index (χ1n) is 11.1. The van der Waals surface area contributed by atoms with Gasteiger partial charge in [0, 0.05) is 51.4 Å². The minimum Gasteiger partial charge on any atom is -0.497 e. The number of piperidine rings is 1. The quantitative estimate of drug-likeness (QED) is 0.583. The number of likely N-dealkylation sites (tertiary alicyclic amines) is 1. The van der Waals surface area contributed by atoms with Crippen LogP contribution in [0.1, 0.15) is 22.5 Å². The van der Waals surface area contributed by atoms with Gasteiger partial charge in [0.1, 0.15) is 11.6 Å². The second-order valence-corrected chi connectivity index (χ2v) is 8.78. The number of methoxy groups -OCH3 is 1. The molecule has 2 saturated heterocycles. The van der Waals surface area contributed by atoms with Crippen molar-refractivity contribution in [3.63, 3.8) is 0 Å². The standard InChI is InChI=1S/C23H28N8O2/c1-15-11-21(27-23(26-15)28(2)3)29-10-7-16-13-30(20(16)14-29)22(32)18-12-17(33-4)5-6-19(18)31-24-8-9-25-31/h5-6,8-9,11-12,16,20H,7,10,13-14H2,1-4H3. The molecular weight excluding hydrogens is 420 g/mol. The van der Waals surface area contributed by atoms with Crippen LogP contribution in [0.5, 0.6) is 5.75 Å². The molecule has 1 aromatic carbocycles. The third-order valence-electron chi connectivity index (χ3n) is 6.44. The largest absolute Gasteiger partial charge is 0.497 e. The van der Waals surface area contributed by atoms with Gasteiger partial charge in [-0.3, -0.25) is 4.79 Å². The summed E-state index contributed by atoms with van der Waals surface area (Å²) in [7, 11) is 5.48. The Bertz CT molecular complexity index is 1160. The molecule has 172 valence electrons. The van der Waals surface area contributed by atoms with Crippen LogP contribution in [0.25, 0.3) is 5.69 Å². The number of rotatable bonds is 5. The van der Waals surface area contributed by atoms with Crippen LogP contribution in [0.4, 0.5) is 11.8 Å². The van der Waals surface area contributed by atoms with Crippen molar-refractivity contribution in [1.29, 1.82) is 0 Å². The zero-order chi connectivity index (χ0) is 23.1. The zero-order valence-electron chi connectivity index (χ0n) is 19.3. The summed E-state index contributed by atoms with van der Waals surface area (Å²) in [5.41, 5.74) is 2.11. The van der Waals surface area contributed by atoms with Gasteiger partial charge in [-0.2, -0.15) is 20.0 Å². The van der Waals surface area contributed by atoms with E-state index in [2.05, 4.69) is 20.1 Å². The molecule has 0 radical (unpaired) electrons. The van der Waals surface area contributed by atoms with E-state index < -0.39 is 0 Å². The van der Waals surface area contributed by atoms with Crippen molar-refractivity contribution < 1.29 is 9.53 Å². The van der Waals surface area contributed by atoms with E-state index in [0.717, 1.165) is 37.6 Å². The van der Waals surface area contributed by atoms with Crippen molar-refractivity contribution >= 4 is 17.7 Å². The van der Waals surface area contributed by atoms with Gasteiger partial charge in [-0.1, -0.05) is 0 Å². The predicted molar refractivity (Wildman–Crippen MR) is 124 cm³/mol. The average molecular weight is 449 g/mol. The van der Waals surface area contributed by atoms with Gasteiger partial charge in [0.05, 0.1) is 36.8 Å². The molecule has 4 heterocycles. The second-order valence-electron chi connectivity index (χ2n) is 8.78. The van der Waals surface area contributed by atoms with Crippen LogP contribution in [-0.2, 0) is 0 Å². The Hall–Kier alpha value is -3.69. The number of amides is 1. The number of ether oxygens (including phenoxy) is 1. The molecule has 0 spiro atoms. The van der Waals surface area contributed by atoms with Gasteiger partial charge in [-0.25, -0.2) is 4.98 Å². The van der Waals surface area contributed by atoms with Crippen LogP contribution in [0.2, 0.25) is 0 Å². The van der Waals surface area contributed by atoms with Gasteiger partial charge < -0.3 is 19.4 Å². The molecule has 0 N–H and O–H groups in total. The Morgan fingerprint density at radius 1 is 1.12 bits per heavy atom. The minimum atomic E-state index is -0.0304. The number of hydrogen-bond donors (Lipinski definition) is 0. The fourth-order valence-electron chi connectivity index (χ4n) is 4.62. The third-order valence-corrected chi connectivity index (χ3v) is 6.44. The number of aryl methyl sites for hydroxylation is 1. The van der Waals surface area contributed by atoms with Crippen molar-refractivity contribution in [1.82, 2.24) is 29.9 Å². The molecule has 2 fully saturated rings. The van der Waals surface area contributed by atoms with Crippen LogP contribution in [0, 0.1) is 12.8 Å². The first kappa shape index (κ1) is 21.2. The maximum Gasteiger partial charge on any atom is 0.256 e. The highest BCUT2D eigenvalue weighted by atomic mass is 16.5. The van der Waals surface area contributed by atoms with E-state index in [1.165, 1.54) is 4.80 Å². The monoisotopic (exact) mass is 448 g/mol. The highest BCUT2D eigenvalue weighted by Crippen LogP contribution is 2.36. The molecule has 10 nitrogen and oxygen atoms in total. The Balaban J connectivity index is 1.40. The Morgan fingerprint density at radius 3 is 2.64 bits per heavy atom. The van der Waals surface area contributed by atoms with E-state index in [4.69, 9.17) is 9.72 Å². The van der Waals surface area contributed by atoms with Crippen molar-refractivity contribution in [3.05, 3.63) is 47.9 Å². The van der Waals surface area contributed by atoms with E-state index in [0.29, 0.717) is 28.9 Å². The average Bonchev–Trinajstić information content (AvgIpc) is 3.33. The van der Waals surface area contributed by atoms with Gasteiger partial charge in [-0.15, -0.1) is 0 Å². The maximum atomic E-state index is 13.7. The fourth-order valence-corrected chi connectivity index (χ4v) is 4.62. The van der Waals surface area contributed by atoms with Crippen molar-refractivity contribution in [2.75, 3.05) is 50.6 Å². The number of hydrogen-bond acceptors (Lipinski definition) is 8. The first-order valence-corrected chi connectivity index (χ1v) is 11.1. The lowest BCUT2D eigenvalue weighted by atomic mass is 9.81. The highest BCUT2D eigenvalue weighted by molar-refractivity contribution is 5.99. The smallest absolute Gasteiger partial charge is 0.256 e. The Morgan fingerprint density at radius 2 is 1.91 bits per heavy atom. The number of anilines is 2. The lowest BCUT2D eigenvalue weighted by Gasteiger charge is -2.53. The van der Waals surface area contributed by atoms with E-state index in [-0.39, 0.29) is 11.9 Å². The molecule has 0 saturated carbocycles. The Kier molecular flexibility index (Phi) is 5.35. The summed E-state index contributed by atoms with van der Waals surface area (Å²) in [6, 6.07) is 7.56. The highest BCUT2D eigenvalue weighted by Gasteiger charge is 2.46.